The lowest BCUT2D eigenvalue weighted by Gasteiger charge is -2.34. The zero-order chi connectivity index (χ0) is 28.4. The van der Waals surface area contributed by atoms with Crippen LogP contribution in [-0.2, 0) is 6.18 Å². The molecule has 0 aliphatic carbocycles. The monoisotopic (exact) mass is 578 g/mol. The van der Waals surface area contributed by atoms with Gasteiger partial charge in [-0.25, -0.2) is 4.39 Å². The zero-order valence-corrected chi connectivity index (χ0v) is 20.4. The van der Waals surface area contributed by atoms with E-state index in [-0.39, 0.29) is 54.3 Å². The molecule has 2 aromatic carbocycles. The van der Waals surface area contributed by atoms with Crippen molar-refractivity contribution in [3.8, 4) is 6.01 Å². The average Bonchev–Trinajstić information content (AvgIpc) is 2.88. The first-order valence-electron chi connectivity index (χ1n) is 11.2. The predicted octanol–water partition coefficient (Wildman–Crippen LogP) is 5.33. The van der Waals surface area contributed by atoms with Crippen LogP contribution in [0.1, 0.15) is 15.9 Å². The zero-order valence-electron chi connectivity index (χ0n) is 19.7. The fraction of sp³-hybridized carbons (Fsp3) is 0.304. The van der Waals surface area contributed by atoms with Gasteiger partial charge in [-0.15, -0.1) is 0 Å². The van der Waals surface area contributed by atoms with Gasteiger partial charge in [0.1, 0.15) is 5.82 Å². The van der Waals surface area contributed by atoms with Gasteiger partial charge in [-0.1, -0.05) is 17.7 Å². The summed E-state index contributed by atoms with van der Waals surface area (Å²) in [7, 11) is 0. The number of benzene rings is 2. The highest BCUT2D eigenvalue weighted by Gasteiger charge is 2.31. The van der Waals surface area contributed by atoms with E-state index in [9.17, 15) is 35.5 Å². The van der Waals surface area contributed by atoms with Crippen molar-refractivity contribution in [1.82, 2.24) is 19.9 Å². The number of hydrogen-bond acceptors (Lipinski definition) is 7. The molecule has 0 saturated carbocycles. The van der Waals surface area contributed by atoms with Gasteiger partial charge in [-0.2, -0.15) is 41.3 Å². The van der Waals surface area contributed by atoms with Gasteiger partial charge >= 0.3 is 18.4 Å². The van der Waals surface area contributed by atoms with Crippen LogP contribution in [0.15, 0.2) is 42.5 Å². The van der Waals surface area contributed by atoms with Crippen molar-refractivity contribution in [3.05, 3.63) is 64.4 Å². The van der Waals surface area contributed by atoms with Crippen molar-refractivity contribution in [2.45, 2.75) is 12.4 Å². The van der Waals surface area contributed by atoms with Crippen LogP contribution in [0.25, 0.3) is 0 Å². The second-order valence-corrected chi connectivity index (χ2v) is 8.66. The molecule has 4 rings (SSSR count). The second kappa shape index (κ2) is 11.1. The Hall–Kier alpha value is -3.88. The Morgan fingerprint density at radius 1 is 0.974 bits per heavy atom. The fourth-order valence-electron chi connectivity index (χ4n) is 3.58. The van der Waals surface area contributed by atoms with Crippen LogP contribution < -0.4 is 15.0 Å². The van der Waals surface area contributed by atoms with Gasteiger partial charge in [0, 0.05) is 37.4 Å². The second-order valence-electron chi connectivity index (χ2n) is 8.26. The summed E-state index contributed by atoms with van der Waals surface area (Å²) in [4.78, 5) is 27.5. The lowest BCUT2D eigenvalue weighted by atomic mass is 10.2. The first kappa shape index (κ1) is 28.1. The van der Waals surface area contributed by atoms with E-state index < -0.39 is 42.3 Å². The third-order valence-electron chi connectivity index (χ3n) is 5.43. The number of halogens is 8. The number of amides is 1. The summed E-state index contributed by atoms with van der Waals surface area (Å²) in [6.45, 7) is -1.12. The molecule has 39 heavy (non-hydrogen) atoms. The quantitative estimate of drug-likeness (QED) is 0.396. The van der Waals surface area contributed by atoms with E-state index >= 15 is 0 Å². The van der Waals surface area contributed by atoms with E-state index in [1.807, 2.05) is 0 Å². The van der Waals surface area contributed by atoms with Crippen molar-refractivity contribution in [3.63, 3.8) is 0 Å². The number of aromatic nitrogens is 3. The molecule has 1 aromatic heterocycles. The maximum absolute atomic E-state index is 13.4. The molecule has 0 spiro atoms. The Bertz CT molecular complexity index is 1350. The Morgan fingerprint density at radius 2 is 1.69 bits per heavy atom. The van der Waals surface area contributed by atoms with Gasteiger partial charge in [0.15, 0.2) is 6.61 Å². The summed E-state index contributed by atoms with van der Waals surface area (Å²) in [5.41, 5.74) is -0.860. The van der Waals surface area contributed by atoms with E-state index in [0.717, 1.165) is 24.3 Å². The lowest BCUT2D eigenvalue weighted by Crippen LogP contribution is -2.49. The molecule has 1 fully saturated rings. The number of carbonyl (C=O) groups is 1. The van der Waals surface area contributed by atoms with Gasteiger partial charge in [-0.05, 0) is 36.4 Å². The van der Waals surface area contributed by atoms with Crippen LogP contribution in [0.2, 0.25) is 5.02 Å². The van der Waals surface area contributed by atoms with Crippen LogP contribution >= 0.6 is 11.6 Å². The van der Waals surface area contributed by atoms with Crippen molar-refractivity contribution < 1.29 is 40.3 Å². The topological polar surface area (TPSA) is 83.5 Å². The minimum atomic E-state index is -4.70. The van der Waals surface area contributed by atoms with E-state index in [0.29, 0.717) is 0 Å². The number of nitrogens with one attached hydrogen (secondary N) is 1. The number of carbonyl (C=O) groups excluding carboxylic acids is 1. The number of piperazine rings is 1. The summed E-state index contributed by atoms with van der Waals surface area (Å²) in [6, 6.07) is 6.92. The number of nitrogens with zero attached hydrogens (tertiary/aromatic N) is 5. The lowest BCUT2D eigenvalue weighted by molar-refractivity contribution is -0.154. The Balaban J connectivity index is 1.53. The maximum atomic E-state index is 13.4. The first-order chi connectivity index (χ1) is 18.3. The SMILES string of the molecule is O=C(c1ccc(F)c(Cl)c1)N1CCN(c2nc(Nc3cccc(C(F)(F)F)c3)nc(OCC(F)(F)F)n2)CC1. The van der Waals surface area contributed by atoms with Crippen molar-refractivity contribution in [1.29, 1.82) is 0 Å². The minimum absolute atomic E-state index is 0.0721. The molecular formula is C23H18ClF7N6O2. The van der Waals surface area contributed by atoms with Crippen LogP contribution in [0.3, 0.4) is 0 Å². The summed E-state index contributed by atoms with van der Waals surface area (Å²) in [5.74, 6) is -1.55. The van der Waals surface area contributed by atoms with E-state index in [1.165, 1.54) is 23.1 Å². The molecule has 1 aliphatic rings. The van der Waals surface area contributed by atoms with Gasteiger partial charge in [0.05, 0.1) is 10.6 Å². The summed E-state index contributed by atoms with van der Waals surface area (Å²) < 4.78 is 95.4. The molecule has 8 nitrogen and oxygen atoms in total. The molecule has 1 N–H and O–H groups in total. The summed E-state index contributed by atoms with van der Waals surface area (Å²) in [5, 5.41) is 2.32. The van der Waals surface area contributed by atoms with Gasteiger partial charge < -0.3 is 19.9 Å². The van der Waals surface area contributed by atoms with Crippen molar-refractivity contribution in [2.24, 2.45) is 0 Å². The van der Waals surface area contributed by atoms with E-state index in [4.69, 9.17) is 11.6 Å². The Labute approximate surface area is 221 Å². The van der Waals surface area contributed by atoms with E-state index in [1.54, 1.807) is 4.90 Å². The normalized spacial score (nSPS) is 14.4. The molecule has 0 unspecified atom stereocenters. The van der Waals surface area contributed by atoms with Crippen LogP contribution in [0.4, 0.5) is 48.3 Å². The van der Waals surface area contributed by atoms with Crippen molar-refractivity contribution >= 4 is 35.1 Å². The van der Waals surface area contributed by atoms with Crippen LogP contribution in [0.5, 0.6) is 6.01 Å². The number of hydrogen-bond donors (Lipinski definition) is 1. The molecule has 1 saturated heterocycles. The Kier molecular flexibility index (Phi) is 7.99. The average molecular weight is 579 g/mol. The summed E-state index contributed by atoms with van der Waals surface area (Å²) >= 11 is 5.75. The molecule has 2 heterocycles. The third-order valence-corrected chi connectivity index (χ3v) is 5.72. The molecular weight excluding hydrogens is 561 g/mol. The molecule has 0 radical (unpaired) electrons. The standard InChI is InChI=1S/C23H18ClF7N6O2/c24-16-10-13(4-5-17(16)25)18(38)36-6-8-37(9-7-36)20-33-19(34-21(35-20)39-12-22(26,27)28)32-15-3-1-2-14(11-15)23(29,30)31/h1-5,10-11H,6-9,12H2,(H,32,33,34,35). The summed E-state index contributed by atoms with van der Waals surface area (Å²) in [6.07, 6.45) is -9.32. The largest absolute Gasteiger partial charge is 0.454 e. The Morgan fingerprint density at radius 3 is 2.33 bits per heavy atom. The number of alkyl halides is 6. The van der Waals surface area contributed by atoms with E-state index in [2.05, 4.69) is 25.0 Å². The number of anilines is 3. The van der Waals surface area contributed by atoms with Gasteiger partial charge in [0.25, 0.3) is 5.91 Å². The van der Waals surface area contributed by atoms with Gasteiger partial charge in [-0.3, -0.25) is 4.79 Å². The smallest absolute Gasteiger partial charge is 0.422 e. The highest BCUT2D eigenvalue weighted by molar-refractivity contribution is 6.31. The predicted molar refractivity (Wildman–Crippen MR) is 126 cm³/mol. The van der Waals surface area contributed by atoms with Gasteiger partial charge in [0.2, 0.25) is 11.9 Å². The molecule has 208 valence electrons. The molecule has 0 bridgehead atoms. The molecule has 1 amide bonds. The van der Waals surface area contributed by atoms with Crippen molar-refractivity contribution in [2.75, 3.05) is 43.0 Å². The molecule has 0 atom stereocenters. The molecule has 16 heteroatoms. The van der Waals surface area contributed by atoms with Crippen LogP contribution in [0, 0.1) is 5.82 Å². The maximum Gasteiger partial charge on any atom is 0.422 e. The minimum Gasteiger partial charge on any atom is -0.454 e. The fourth-order valence-corrected chi connectivity index (χ4v) is 3.76. The molecule has 1 aliphatic heterocycles. The van der Waals surface area contributed by atoms with Crippen LogP contribution in [-0.4, -0.2) is 64.7 Å². The third kappa shape index (κ3) is 7.37. The first-order valence-corrected chi connectivity index (χ1v) is 11.6. The highest BCUT2D eigenvalue weighted by Crippen LogP contribution is 2.31. The number of ether oxygens (including phenoxy) is 1. The highest BCUT2D eigenvalue weighted by atomic mass is 35.5. The molecule has 3 aromatic rings. The number of rotatable bonds is 6.